The summed E-state index contributed by atoms with van der Waals surface area (Å²) < 4.78 is 0. The van der Waals surface area contributed by atoms with E-state index in [9.17, 15) is 4.79 Å². The SMILES string of the molecule is Cc1ccc(Nc2nc(-c3cc4c5c(c3)CC(=O)N5CCC4)cs2)cc1. The maximum atomic E-state index is 12.2. The molecular weight excluding hydrogens is 342 g/mol. The van der Waals surface area contributed by atoms with E-state index in [1.807, 2.05) is 4.90 Å². The molecule has 1 amide bonds. The van der Waals surface area contributed by atoms with Gasteiger partial charge < -0.3 is 10.2 Å². The minimum atomic E-state index is 0.234. The lowest BCUT2D eigenvalue weighted by molar-refractivity contribution is -0.117. The van der Waals surface area contributed by atoms with Gasteiger partial charge in [0.05, 0.1) is 17.8 Å². The highest BCUT2D eigenvalue weighted by Gasteiger charge is 2.32. The normalized spacial score (nSPS) is 15.3. The number of carbonyl (C=O) groups excluding carboxylic acids is 1. The lowest BCUT2D eigenvalue weighted by atomic mass is 9.96. The molecule has 0 spiro atoms. The Morgan fingerprint density at radius 2 is 1.96 bits per heavy atom. The number of aryl methyl sites for hydroxylation is 2. The largest absolute Gasteiger partial charge is 0.332 e. The maximum absolute atomic E-state index is 12.2. The molecular formula is C21H19N3OS. The van der Waals surface area contributed by atoms with E-state index in [0.29, 0.717) is 6.42 Å². The lowest BCUT2D eigenvalue weighted by Crippen LogP contribution is -2.31. The molecule has 0 saturated heterocycles. The summed E-state index contributed by atoms with van der Waals surface area (Å²) in [6.45, 7) is 2.94. The molecule has 0 aliphatic carbocycles. The lowest BCUT2D eigenvalue weighted by Gasteiger charge is -2.25. The number of aromatic nitrogens is 1. The molecule has 26 heavy (non-hydrogen) atoms. The van der Waals surface area contributed by atoms with Crippen LogP contribution in [0.25, 0.3) is 11.3 Å². The van der Waals surface area contributed by atoms with E-state index < -0.39 is 0 Å². The highest BCUT2D eigenvalue weighted by molar-refractivity contribution is 7.14. The zero-order valence-electron chi connectivity index (χ0n) is 14.6. The Kier molecular flexibility index (Phi) is 3.57. The summed E-state index contributed by atoms with van der Waals surface area (Å²) in [4.78, 5) is 19.0. The van der Waals surface area contributed by atoms with Crippen molar-refractivity contribution in [2.45, 2.75) is 26.2 Å². The van der Waals surface area contributed by atoms with Gasteiger partial charge in [0.1, 0.15) is 0 Å². The molecule has 1 N–H and O–H groups in total. The van der Waals surface area contributed by atoms with Gasteiger partial charge in [-0.3, -0.25) is 4.79 Å². The van der Waals surface area contributed by atoms with Crippen LogP contribution >= 0.6 is 11.3 Å². The minimum Gasteiger partial charge on any atom is -0.332 e. The number of hydrogen-bond acceptors (Lipinski definition) is 4. The first kappa shape index (κ1) is 15.6. The van der Waals surface area contributed by atoms with Gasteiger partial charge in [-0.1, -0.05) is 17.7 Å². The van der Waals surface area contributed by atoms with E-state index in [4.69, 9.17) is 4.98 Å². The first-order chi connectivity index (χ1) is 12.7. The van der Waals surface area contributed by atoms with Gasteiger partial charge in [0.15, 0.2) is 5.13 Å². The number of amides is 1. The van der Waals surface area contributed by atoms with E-state index in [2.05, 4.69) is 54.0 Å². The van der Waals surface area contributed by atoms with Gasteiger partial charge in [0.25, 0.3) is 0 Å². The Morgan fingerprint density at radius 1 is 1.15 bits per heavy atom. The highest BCUT2D eigenvalue weighted by atomic mass is 32.1. The van der Waals surface area contributed by atoms with Crippen LogP contribution in [0.4, 0.5) is 16.5 Å². The number of hydrogen-bond donors (Lipinski definition) is 1. The summed E-state index contributed by atoms with van der Waals surface area (Å²) in [5.41, 5.74) is 7.98. The van der Waals surface area contributed by atoms with E-state index in [1.165, 1.54) is 16.8 Å². The average molecular weight is 361 g/mol. The molecule has 130 valence electrons. The topological polar surface area (TPSA) is 45.2 Å². The molecule has 0 unspecified atom stereocenters. The van der Waals surface area contributed by atoms with Crippen LogP contribution in [0.3, 0.4) is 0 Å². The summed E-state index contributed by atoms with van der Waals surface area (Å²) >= 11 is 1.61. The number of benzene rings is 2. The monoisotopic (exact) mass is 361 g/mol. The summed E-state index contributed by atoms with van der Waals surface area (Å²) in [5.74, 6) is 0.234. The second kappa shape index (κ2) is 5.95. The third-order valence-corrected chi connectivity index (χ3v) is 5.87. The zero-order chi connectivity index (χ0) is 17.7. The summed E-state index contributed by atoms with van der Waals surface area (Å²) in [5, 5.41) is 6.34. The van der Waals surface area contributed by atoms with Gasteiger partial charge >= 0.3 is 0 Å². The fourth-order valence-corrected chi connectivity index (χ4v) is 4.59. The first-order valence-corrected chi connectivity index (χ1v) is 9.81. The van der Waals surface area contributed by atoms with Gasteiger partial charge in [0.2, 0.25) is 5.91 Å². The van der Waals surface area contributed by atoms with Crippen molar-refractivity contribution in [3.63, 3.8) is 0 Å². The molecule has 3 heterocycles. The second-order valence-corrected chi connectivity index (χ2v) is 7.86. The van der Waals surface area contributed by atoms with Gasteiger partial charge in [-0.25, -0.2) is 4.98 Å². The third-order valence-electron chi connectivity index (χ3n) is 5.11. The summed E-state index contributed by atoms with van der Waals surface area (Å²) in [6.07, 6.45) is 2.60. The third kappa shape index (κ3) is 2.59. The first-order valence-electron chi connectivity index (χ1n) is 8.93. The van der Waals surface area contributed by atoms with Gasteiger partial charge in [-0.2, -0.15) is 0 Å². The molecule has 2 aliphatic rings. The number of carbonyl (C=O) groups is 1. The molecule has 0 fully saturated rings. The maximum Gasteiger partial charge on any atom is 0.231 e. The van der Waals surface area contributed by atoms with Crippen LogP contribution in [-0.2, 0) is 17.6 Å². The van der Waals surface area contributed by atoms with Crippen LogP contribution in [0.1, 0.15) is 23.1 Å². The fourth-order valence-electron chi connectivity index (χ4n) is 3.85. The van der Waals surface area contributed by atoms with Crippen LogP contribution in [0, 0.1) is 6.92 Å². The standard InChI is InChI=1S/C21H19N3OS/c1-13-4-6-17(7-5-13)22-21-23-18(12-26-21)15-9-14-3-2-8-24-19(25)11-16(10-15)20(14)24/h4-7,9-10,12H,2-3,8,11H2,1H3,(H,22,23). The molecule has 5 rings (SSSR count). The second-order valence-electron chi connectivity index (χ2n) is 7.00. The van der Waals surface area contributed by atoms with Gasteiger partial charge in [-0.05, 0) is 55.2 Å². The molecule has 4 nitrogen and oxygen atoms in total. The van der Waals surface area contributed by atoms with Gasteiger partial charge in [-0.15, -0.1) is 11.3 Å². The van der Waals surface area contributed by atoms with E-state index in [1.54, 1.807) is 11.3 Å². The number of anilines is 3. The molecule has 2 aromatic carbocycles. The van der Waals surface area contributed by atoms with Crippen molar-refractivity contribution in [2.75, 3.05) is 16.8 Å². The van der Waals surface area contributed by atoms with Crippen molar-refractivity contribution in [1.29, 1.82) is 0 Å². The Morgan fingerprint density at radius 3 is 2.81 bits per heavy atom. The average Bonchev–Trinajstić information content (AvgIpc) is 3.23. The van der Waals surface area contributed by atoms with Crippen LogP contribution in [-0.4, -0.2) is 17.4 Å². The predicted octanol–water partition coefficient (Wildman–Crippen LogP) is 4.70. The number of nitrogens with zero attached hydrogens (tertiary/aromatic N) is 2. The number of nitrogens with one attached hydrogen (secondary N) is 1. The van der Waals surface area contributed by atoms with E-state index >= 15 is 0 Å². The molecule has 0 atom stereocenters. The van der Waals surface area contributed by atoms with Crippen LogP contribution in [0.2, 0.25) is 0 Å². The fraction of sp³-hybridized carbons (Fsp3) is 0.238. The molecule has 0 radical (unpaired) electrons. The van der Waals surface area contributed by atoms with E-state index in [-0.39, 0.29) is 5.91 Å². The molecule has 0 saturated carbocycles. The van der Waals surface area contributed by atoms with Crippen LogP contribution in [0.5, 0.6) is 0 Å². The Hall–Kier alpha value is -2.66. The molecule has 1 aromatic heterocycles. The van der Waals surface area contributed by atoms with E-state index in [0.717, 1.165) is 47.0 Å². The number of rotatable bonds is 3. The Labute approximate surface area is 156 Å². The molecule has 3 aromatic rings. The highest BCUT2D eigenvalue weighted by Crippen LogP contribution is 2.40. The zero-order valence-corrected chi connectivity index (χ0v) is 15.4. The van der Waals surface area contributed by atoms with Crippen molar-refractivity contribution < 1.29 is 4.79 Å². The molecule has 0 bridgehead atoms. The van der Waals surface area contributed by atoms with Crippen LogP contribution in [0.15, 0.2) is 41.8 Å². The Bertz CT molecular complexity index is 1010. The smallest absolute Gasteiger partial charge is 0.231 e. The van der Waals surface area contributed by atoms with Crippen molar-refractivity contribution in [2.24, 2.45) is 0 Å². The van der Waals surface area contributed by atoms with Crippen molar-refractivity contribution in [3.8, 4) is 11.3 Å². The predicted molar refractivity (Wildman–Crippen MR) is 106 cm³/mol. The van der Waals surface area contributed by atoms with Crippen molar-refractivity contribution >= 4 is 33.8 Å². The minimum absolute atomic E-state index is 0.234. The molecule has 2 aliphatic heterocycles. The van der Waals surface area contributed by atoms with Gasteiger partial charge in [0, 0.05) is 23.2 Å². The van der Waals surface area contributed by atoms with Crippen molar-refractivity contribution in [1.82, 2.24) is 4.98 Å². The quantitative estimate of drug-likeness (QED) is 0.736. The van der Waals surface area contributed by atoms with Crippen molar-refractivity contribution in [3.05, 3.63) is 58.5 Å². The number of thiazole rings is 1. The van der Waals surface area contributed by atoms with Crippen LogP contribution < -0.4 is 10.2 Å². The summed E-state index contributed by atoms with van der Waals surface area (Å²) in [7, 11) is 0. The summed E-state index contributed by atoms with van der Waals surface area (Å²) in [6, 6.07) is 12.7. The Balaban J connectivity index is 1.46. The molecule has 5 heteroatoms.